The topological polar surface area (TPSA) is 79.8 Å². The van der Waals surface area contributed by atoms with Crippen molar-refractivity contribution in [2.75, 3.05) is 10.6 Å². The van der Waals surface area contributed by atoms with Crippen LogP contribution in [0.4, 0.5) is 21.7 Å². The van der Waals surface area contributed by atoms with Gasteiger partial charge in [-0.15, -0.1) is 0 Å². The summed E-state index contributed by atoms with van der Waals surface area (Å²) in [5.74, 6) is -0.569. The molecule has 0 aliphatic rings. The number of benzene rings is 2. The van der Waals surface area contributed by atoms with Crippen molar-refractivity contribution in [1.29, 1.82) is 0 Å². The minimum Gasteiger partial charge on any atom is -0.322 e. The van der Waals surface area contributed by atoms with Gasteiger partial charge in [-0.05, 0) is 24.3 Å². The lowest BCUT2D eigenvalue weighted by Gasteiger charge is -2.09. The molecule has 0 fully saturated rings. The van der Waals surface area contributed by atoms with Gasteiger partial charge in [0.15, 0.2) is 0 Å². The van der Waals surface area contributed by atoms with Crippen molar-refractivity contribution in [3.05, 3.63) is 84.6 Å². The Morgan fingerprint density at radius 2 is 1.59 bits per heavy atom. The quantitative estimate of drug-likeness (QED) is 0.572. The first kappa shape index (κ1) is 16.6. The third-order valence-electron chi connectivity index (χ3n) is 3.92. The average molecular weight is 359 g/mol. The normalized spacial score (nSPS) is 10.6. The van der Waals surface area contributed by atoms with Crippen LogP contribution in [0.1, 0.15) is 10.4 Å². The highest BCUT2D eigenvalue weighted by Gasteiger charge is 2.11. The van der Waals surface area contributed by atoms with E-state index in [1.807, 2.05) is 24.3 Å². The molecule has 4 rings (SSSR count). The second-order valence-electron chi connectivity index (χ2n) is 5.74. The highest BCUT2D eigenvalue weighted by molar-refractivity contribution is 6.08. The number of hydrogen-bond acceptors (Lipinski definition) is 5. The van der Waals surface area contributed by atoms with Gasteiger partial charge in [-0.2, -0.15) is 0 Å². The van der Waals surface area contributed by atoms with Crippen LogP contribution < -0.4 is 10.6 Å². The highest BCUT2D eigenvalue weighted by atomic mass is 19.1. The maximum absolute atomic E-state index is 13.7. The SMILES string of the molecule is O=C(Nc1cccc2cccnc12)c1cnc(Nc2ccccc2F)nc1. The van der Waals surface area contributed by atoms with Gasteiger partial charge in [0.2, 0.25) is 5.95 Å². The predicted molar refractivity (Wildman–Crippen MR) is 101 cm³/mol. The zero-order valence-electron chi connectivity index (χ0n) is 14.1. The van der Waals surface area contributed by atoms with Crippen molar-refractivity contribution in [3.63, 3.8) is 0 Å². The van der Waals surface area contributed by atoms with E-state index in [0.29, 0.717) is 11.2 Å². The first-order valence-electron chi connectivity index (χ1n) is 8.19. The molecular weight excluding hydrogens is 345 g/mol. The van der Waals surface area contributed by atoms with Crippen molar-refractivity contribution in [3.8, 4) is 0 Å². The van der Waals surface area contributed by atoms with Gasteiger partial charge in [-0.1, -0.05) is 30.3 Å². The van der Waals surface area contributed by atoms with E-state index in [-0.39, 0.29) is 23.1 Å². The summed E-state index contributed by atoms with van der Waals surface area (Å²) in [5, 5.41) is 6.52. The van der Waals surface area contributed by atoms with E-state index >= 15 is 0 Å². The molecule has 2 heterocycles. The van der Waals surface area contributed by atoms with Crippen LogP contribution in [0.2, 0.25) is 0 Å². The summed E-state index contributed by atoms with van der Waals surface area (Å²) >= 11 is 0. The molecule has 2 aromatic carbocycles. The fourth-order valence-electron chi connectivity index (χ4n) is 2.59. The number of anilines is 3. The Morgan fingerprint density at radius 3 is 2.41 bits per heavy atom. The Kier molecular flexibility index (Phi) is 4.40. The lowest BCUT2D eigenvalue weighted by atomic mass is 10.2. The summed E-state index contributed by atoms with van der Waals surface area (Å²) in [7, 11) is 0. The summed E-state index contributed by atoms with van der Waals surface area (Å²) in [6, 6.07) is 15.5. The van der Waals surface area contributed by atoms with Crippen molar-refractivity contribution in [2.45, 2.75) is 0 Å². The van der Waals surface area contributed by atoms with Crippen molar-refractivity contribution >= 4 is 34.1 Å². The standard InChI is InChI=1S/C20H14FN5O/c21-15-7-1-2-8-16(15)26-20-23-11-14(12-24-20)19(27)25-17-9-3-5-13-6-4-10-22-18(13)17/h1-12H,(H,25,27)(H,23,24,26). The van der Waals surface area contributed by atoms with Crippen LogP contribution >= 0.6 is 0 Å². The molecule has 1 amide bonds. The van der Waals surface area contributed by atoms with E-state index in [9.17, 15) is 9.18 Å². The molecule has 2 aromatic heterocycles. The number of hydrogen-bond donors (Lipinski definition) is 2. The van der Waals surface area contributed by atoms with Gasteiger partial charge < -0.3 is 10.6 Å². The molecule has 7 heteroatoms. The van der Waals surface area contributed by atoms with Gasteiger partial charge >= 0.3 is 0 Å². The molecular formula is C20H14FN5O. The molecule has 0 aliphatic carbocycles. The maximum atomic E-state index is 13.7. The van der Waals surface area contributed by atoms with E-state index in [0.717, 1.165) is 5.39 Å². The molecule has 4 aromatic rings. The molecule has 2 N–H and O–H groups in total. The number of carbonyl (C=O) groups is 1. The molecule has 0 aliphatic heterocycles. The smallest absolute Gasteiger partial charge is 0.258 e. The van der Waals surface area contributed by atoms with Crippen LogP contribution in [0.15, 0.2) is 73.2 Å². The first-order chi connectivity index (χ1) is 13.2. The fourth-order valence-corrected chi connectivity index (χ4v) is 2.59. The van der Waals surface area contributed by atoms with Crippen LogP contribution in [-0.4, -0.2) is 20.9 Å². The molecule has 0 bridgehead atoms. The molecule has 0 spiro atoms. The minimum absolute atomic E-state index is 0.198. The van der Waals surface area contributed by atoms with E-state index < -0.39 is 5.82 Å². The monoisotopic (exact) mass is 359 g/mol. The molecule has 0 atom stereocenters. The van der Waals surface area contributed by atoms with E-state index in [1.54, 1.807) is 30.5 Å². The van der Waals surface area contributed by atoms with Crippen LogP contribution in [0.3, 0.4) is 0 Å². The Labute approximate surface area is 154 Å². The third-order valence-corrected chi connectivity index (χ3v) is 3.92. The van der Waals surface area contributed by atoms with Gasteiger partial charge in [0, 0.05) is 24.0 Å². The number of amides is 1. The van der Waals surface area contributed by atoms with Gasteiger partial charge in [0.1, 0.15) is 5.82 Å². The first-order valence-corrected chi connectivity index (χ1v) is 8.19. The second-order valence-corrected chi connectivity index (χ2v) is 5.74. The average Bonchev–Trinajstić information content (AvgIpc) is 2.70. The van der Waals surface area contributed by atoms with Crippen LogP contribution in [0, 0.1) is 5.82 Å². The number of rotatable bonds is 4. The Bertz CT molecular complexity index is 1110. The largest absolute Gasteiger partial charge is 0.322 e. The van der Waals surface area contributed by atoms with Crippen LogP contribution in [0.5, 0.6) is 0 Å². The molecule has 6 nitrogen and oxygen atoms in total. The number of halogens is 1. The number of nitrogens with one attached hydrogen (secondary N) is 2. The number of para-hydroxylation sites is 2. The van der Waals surface area contributed by atoms with Crippen LogP contribution in [0.25, 0.3) is 10.9 Å². The third kappa shape index (κ3) is 3.57. The molecule has 0 saturated carbocycles. The van der Waals surface area contributed by atoms with Crippen LogP contribution in [-0.2, 0) is 0 Å². The zero-order valence-corrected chi connectivity index (χ0v) is 14.1. The second kappa shape index (κ2) is 7.17. The van der Waals surface area contributed by atoms with Crippen molar-refractivity contribution < 1.29 is 9.18 Å². The summed E-state index contributed by atoms with van der Waals surface area (Å²) in [6.07, 6.45) is 4.43. The fraction of sp³-hybridized carbons (Fsp3) is 0. The lowest BCUT2D eigenvalue weighted by Crippen LogP contribution is -2.13. The van der Waals surface area contributed by atoms with Gasteiger partial charge in [-0.25, -0.2) is 14.4 Å². The molecule has 0 radical (unpaired) electrons. The number of fused-ring (bicyclic) bond motifs is 1. The number of carbonyl (C=O) groups excluding carboxylic acids is 1. The van der Waals surface area contributed by atoms with E-state index in [2.05, 4.69) is 25.6 Å². The number of pyridine rings is 1. The van der Waals surface area contributed by atoms with Gasteiger partial charge in [0.25, 0.3) is 5.91 Å². The Hall–Kier alpha value is -3.87. The minimum atomic E-state index is -0.411. The zero-order chi connectivity index (χ0) is 18.6. The summed E-state index contributed by atoms with van der Waals surface area (Å²) in [5.41, 5.74) is 1.84. The number of nitrogens with zero attached hydrogens (tertiary/aromatic N) is 3. The summed E-state index contributed by atoms with van der Waals surface area (Å²) in [4.78, 5) is 24.9. The molecule has 0 saturated heterocycles. The number of aromatic nitrogens is 3. The van der Waals surface area contributed by atoms with Gasteiger partial charge in [0.05, 0.1) is 22.5 Å². The van der Waals surface area contributed by atoms with Crippen molar-refractivity contribution in [2.24, 2.45) is 0 Å². The summed E-state index contributed by atoms with van der Waals surface area (Å²) < 4.78 is 13.7. The predicted octanol–water partition coefficient (Wildman–Crippen LogP) is 4.16. The van der Waals surface area contributed by atoms with E-state index in [1.165, 1.54) is 18.5 Å². The van der Waals surface area contributed by atoms with E-state index in [4.69, 9.17) is 0 Å². The Balaban J connectivity index is 1.52. The van der Waals surface area contributed by atoms with Gasteiger partial charge in [-0.3, -0.25) is 9.78 Å². The molecule has 27 heavy (non-hydrogen) atoms. The Morgan fingerprint density at radius 1 is 0.852 bits per heavy atom. The molecule has 0 unspecified atom stereocenters. The van der Waals surface area contributed by atoms with Crippen molar-refractivity contribution in [1.82, 2.24) is 15.0 Å². The highest BCUT2D eigenvalue weighted by Crippen LogP contribution is 2.21. The summed E-state index contributed by atoms with van der Waals surface area (Å²) in [6.45, 7) is 0. The molecule has 132 valence electrons. The lowest BCUT2D eigenvalue weighted by molar-refractivity contribution is 0.102. The maximum Gasteiger partial charge on any atom is 0.258 e.